The predicted octanol–water partition coefficient (Wildman–Crippen LogP) is 2.94. The molecule has 0 aliphatic carbocycles. The van der Waals surface area contributed by atoms with Gasteiger partial charge < -0.3 is 18.9 Å². The molecule has 0 bridgehead atoms. The van der Waals surface area contributed by atoms with Crippen molar-refractivity contribution in [2.45, 2.75) is 53.1 Å². The molecule has 27 heavy (non-hydrogen) atoms. The zero-order valence-electron chi connectivity index (χ0n) is 16.5. The summed E-state index contributed by atoms with van der Waals surface area (Å²) in [4.78, 5) is 39.5. The van der Waals surface area contributed by atoms with Crippen LogP contribution in [-0.4, -0.2) is 48.3 Å². The Morgan fingerprint density at radius 3 is 1.93 bits per heavy atom. The lowest BCUT2D eigenvalue weighted by Crippen LogP contribution is -2.24. The summed E-state index contributed by atoms with van der Waals surface area (Å²) in [5.41, 5.74) is -0.638. The molecule has 0 radical (unpaired) electrons. The maximum atomic E-state index is 11.9. The van der Waals surface area contributed by atoms with Crippen molar-refractivity contribution in [2.75, 3.05) is 19.8 Å². The maximum Gasteiger partial charge on any atom is 0.357 e. The van der Waals surface area contributed by atoms with Gasteiger partial charge in [0, 0.05) is 18.6 Å². The number of carbonyl (C=O) groups is 3. The molecule has 1 aromatic rings. The van der Waals surface area contributed by atoms with Gasteiger partial charge >= 0.3 is 17.9 Å². The van der Waals surface area contributed by atoms with E-state index in [1.165, 1.54) is 12.1 Å². The Balaban J connectivity index is 2.76. The predicted molar refractivity (Wildman–Crippen MR) is 96.7 cm³/mol. The van der Waals surface area contributed by atoms with E-state index in [0.29, 0.717) is 6.42 Å². The monoisotopic (exact) mass is 381 g/mol. The van der Waals surface area contributed by atoms with Gasteiger partial charge in [0.05, 0.1) is 19.8 Å². The van der Waals surface area contributed by atoms with E-state index in [2.05, 4.69) is 4.98 Å². The van der Waals surface area contributed by atoms with Crippen LogP contribution >= 0.6 is 0 Å². The number of esters is 3. The Labute approximate surface area is 159 Å². The van der Waals surface area contributed by atoms with Crippen LogP contribution in [-0.2, 0) is 19.0 Å². The second-order valence-corrected chi connectivity index (χ2v) is 6.55. The molecule has 0 aliphatic rings. The molecule has 0 saturated carbocycles. The molecule has 1 aromatic heterocycles. The van der Waals surface area contributed by atoms with Crippen LogP contribution in [0.1, 0.15) is 68.4 Å². The number of hydrogen-bond donors (Lipinski definition) is 0. The highest BCUT2D eigenvalue weighted by atomic mass is 16.6. The summed E-state index contributed by atoms with van der Waals surface area (Å²) >= 11 is 0. The van der Waals surface area contributed by atoms with Crippen molar-refractivity contribution in [1.82, 2.24) is 4.98 Å². The third-order valence-corrected chi connectivity index (χ3v) is 2.98. The number of rotatable bonds is 9. The normalized spacial score (nSPS) is 10.9. The molecule has 1 rings (SSSR count). The van der Waals surface area contributed by atoms with E-state index in [-0.39, 0.29) is 49.3 Å². The second kappa shape index (κ2) is 10.5. The molecule has 150 valence electrons. The van der Waals surface area contributed by atoms with Crippen LogP contribution in [0.25, 0.3) is 0 Å². The lowest BCUT2D eigenvalue weighted by molar-refractivity contribution is -0.155. The van der Waals surface area contributed by atoms with E-state index in [9.17, 15) is 14.4 Å². The van der Waals surface area contributed by atoms with E-state index >= 15 is 0 Å². The largest absolute Gasteiger partial charge is 0.493 e. The summed E-state index contributed by atoms with van der Waals surface area (Å²) in [5, 5.41) is 0. The van der Waals surface area contributed by atoms with Gasteiger partial charge in [-0.1, -0.05) is 0 Å². The first-order valence-corrected chi connectivity index (χ1v) is 8.87. The van der Waals surface area contributed by atoms with Crippen molar-refractivity contribution in [3.63, 3.8) is 0 Å². The molecule has 0 atom stereocenters. The van der Waals surface area contributed by atoms with Crippen molar-refractivity contribution in [3.05, 3.63) is 23.5 Å². The molecule has 8 heteroatoms. The standard InChI is InChI=1S/C19H27NO7/c1-6-24-17(22)14-11-13(12-15(20-14)18(23)25-7-2)26-10-8-9-16(21)27-19(3,4)5/h11-12H,6-10H2,1-5H3. The molecule has 0 spiro atoms. The highest BCUT2D eigenvalue weighted by Crippen LogP contribution is 2.17. The third-order valence-electron chi connectivity index (χ3n) is 2.98. The Morgan fingerprint density at radius 2 is 1.48 bits per heavy atom. The highest BCUT2D eigenvalue weighted by Gasteiger charge is 2.18. The molecule has 0 saturated heterocycles. The zero-order valence-corrected chi connectivity index (χ0v) is 16.5. The fourth-order valence-corrected chi connectivity index (χ4v) is 2.01. The maximum absolute atomic E-state index is 11.9. The van der Waals surface area contributed by atoms with Gasteiger partial charge in [0.15, 0.2) is 11.4 Å². The average Bonchev–Trinajstić information content (AvgIpc) is 2.57. The molecule has 0 amide bonds. The minimum Gasteiger partial charge on any atom is -0.493 e. The Kier molecular flexibility index (Phi) is 8.71. The molecular formula is C19H27NO7. The Hall–Kier alpha value is -2.64. The molecule has 0 aliphatic heterocycles. The topological polar surface area (TPSA) is 101 Å². The van der Waals surface area contributed by atoms with Crippen molar-refractivity contribution < 1.29 is 33.3 Å². The summed E-state index contributed by atoms with van der Waals surface area (Å²) in [6.45, 7) is 9.28. The van der Waals surface area contributed by atoms with Crippen LogP contribution < -0.4 is 4.74 Å². The number of nitrogens with zero attached hydrogens (tertiary/aromatic N) is 1. The molecular weight excluding hydrogens is 354 g/mol. The molecule has 8 nitrogen and oxygen atoms in total. The first kappa shape index (κ1) is 22.4. The molecule has 0 fully saturated rings. The van der Waals surface area contributed by atoms with E-state index in [1.54, 1.807) is 34.6 Å². The lowest BCUT2D eigenvalue weighted by atomic mass is 10.2. The van der Waals surface area contributed by atoms with Crippen LogP contribution in [0.5, 0.6) is 5.75 Å². The number of carbonyl (C=O) groups excluding carboxylic acids is 3. The van der Waals surface area contributed by atoms with Gasteiger partial charge in [-0.3, -0.25) is 4.79 Å². The fourth-order valence-electron chi connectivity index (χ4n) is 2.01. The zero-order chi connectivity index (χ0) is 20.4. The minimum absolute atomic E-state index is 0.0513. The summed E-state index contributed by atoms with van der Waals surface area (Å²) in [6.07, 6.45) is 0.610. The third kappa shape index (κ3) is 8.52. The number of aromatic nitrogens is 1. The minimum atomic E-state index is -0.665. The second-order valence-electron chi connectivity index (χ2n) is 6.55. The van der Waals surface area contributed by atoms with Crippen molar-refractivity contribution in [1.29, 1.82) is 0 Å². The SMILES string of the molecule is CCOC(=O)c1cc(OCCCC(=O)OC(C)(C)C)cc(C(=O)OCC)n1. The Morgan fingerprint density at radius 1 is 0.963 bits per heavy atom. The molecule has 0 unspecified atom stereocenters. The first-order chi connectivity index (χ1) is 12.7. The van der Waals surface area contributed by atoms with Gasteiger partial charge in [0.2, 0.25) is 0 Å². The summed E-state index contributed by atoms with van der Waals surface area (Å²) in [7, 11) is 0. The fraction of sp³-hybridized carbons (Fsp3) is 0.579. The number of hydrogen-bond acceptors (Lipinski definition) is 8. The van der Waals surface area contributed by atoms with Gasteiger partial charge in [0.25, 0.3) is 0 Å². The highest BCUT2D eigenvalue weighted by molar-refractivity contribution is 5.92. The van der Waals surface area contributed by atoms with E-state index in [4.69, 9.17) is 18.9 Å². The first-order valence-electron chi connectivity index (χ1n) is 8.87. The average molecular weight is 381 g/mol. The van der Waals surface area contributed by atoms with Crippen LogP contribution in [0, 0.1) is 0 Å². The van der Waals surface area contributed by atoms with Crippen LogP contribution in [0.3, 0.4) is 0 Å². The summed E-state index contributed by atoms with van der Waals surface area (Å²) in [5.74, 6) is -1.38. The van der Waals surface area contributed by atoms with E-state index in [0.717, 1.165) is 0 Å². The molecule has 0 N–H and O–H groups in total. The Bertz CT molecular complexity index is 628. The van der Waals surface area contributed by atoms with Crippen molar-refractivity contribution in [2.24, 2.45) is 0 Å². The van der Waals surface area contributed by atoms with E-state index in [1.807, 2.05) is 0 Å². The van der Waals surface area contributed by atoms with Crippen LogP contribution in [0.15, 0.2) is 12.1 Å². The van der Waals surface area contributed by atoms with Crippen molar-refractivity contribution in [3.8, 4) is 5.75 Å². The number of pyridine rings is 1. The summed E-state index contributed by atoms with van der Waals surface area (Å²) < 4.78 is 20.6. The van der Waals surface area contributed by atoms with Crippen LogP contribution in [0.2, 0.25) is 0 Å². The van der Waals surface area contributed by atoms with Gasteiger partial charge in [-0.2, -0.15) is 0 Å². The van der Waals surface area contributed by atoms with Gasteiger partial charge in [-0.15, -0.1) is 0 Å². The number of ether oxygens (including phenoxy) is 4. The molecule has 1 heterocycles. The smallest absolute Gasteiger partial charge is 0.357 e. The van der Waals surface area contributed by atoms with Crippen molar-refractivity contribution >= 4 is 17.9 Å². The lowest BCUT2D eigenvalue weighted by Gasteiger charge is -2.19. The van der Waals surface area contributed by atoms with Gasteiger partial charge in [0.1, 0.15) is 11.4 Å². The van der Waals surface area contributed by atoms with E-state index < -0.39 is 17.5 Å². The quantitative estimate of drug-likeness (QED) is 0.366. The van der Waals surface area contributed by atoms with Crippen LogP contribution in [0.4, 0.5) is 0 Å². The van der Waals surface area contributed by atoms with Gasteiger partial charge in [-0.25, -0.2) is 14.6 Å². The molecule has 0 aromatic carbocycles. The van der Waals surface area contributed by atoms with Gasteiger partial charge in [-0.05, 0) is 41.0 Å². The summed E-state index contributed by atoms with van der Waals surface area (Å²) in [6, 6.07) is 2.77.